The van der Waals surface area contributed by atoms with Gasteiger partial charge in [0.25, 0.3) is 0 Å². The summed E-state index contributed by atoms with van der Waals surface area (Å²) in [5.41, 5.74) is 1.37. The Morgan fingerprint density at radius 3 is 2.22 bits per heavy atom. The molecule has 0 unspecified atom stereocenters. The lowest BCUT2D eigenvalue weighted by molar-refractivity contribution is 0.372. The van der Waals surface area contributed by atoms with E-state index in [1.165, 1.54) is 0 Å². The number of aromatic nitrogens is 3. The number of fused-ring (bicyclic) bond motifs is 3. The molecule has 0 amide bonds. The number of benzene rings is 2. The molecule has 27 heavy (non-hydrogen) atoms. The topological polar surface area (TPSA) is 30.2 Å². The van der Waals surface area contributed by atoms with Crippen LogP contribution in [0.15, 0.2) is 35.5 Å². The first-order valence-corrected chi connectivity index (χ1v) is 8.75. The smallest absolute Gasteiger partial charge is 0.200 e. The van der Waals surface area contributed by atoms with Crippen LogP contribution in [0.2, 0.25) is 0 Å². The van der Waals surface area contributed by atoms with E-state index in [0.717, 1.165) is 28.2 Å². The second-order valence-corrected chi connectivity index (χ2v) is 6.80. The fraction of sp³-hybridized carbons (Fsp3) is 0.111. The molecule has 0 fully saturated rings. The van der Waals surface area contributed by atoms with Gasteiger partial charge in [-0.05, 0) is 24.6 Å². The first-order valence-electron chi connectivity index (χ1n) is 7.76. The molecule has 0 aliphatic rings. The highest BCUT2D eigenvalue weighted by atomic mass is 32.2. The van der Waals surface area contributed by atoms with E-state index < -0.39 is 40.4 Å². The average Bonchev–Trinajstić information content (AvgIpc) is 3.08. The minimum Gasteiger partial charge on any atom is -0.270 e. The van der Waals surface area contributed by atoms with Crippen molar-refractivity contribution in [3.8, 4) is 0 Å². The summed E-state index contributed by atoms with van der Waals surface area (Å²) < 4.78 is 69.3. The maximum atomic E-state index is 13.9. The Kier molecular flexibility index (Phi) is 4.26. The molecule has 3 nitrogen and oxygen atoms in total. The molecule has 0 N–H and O–H groups in total. The van der Waals surface area contributed by atoms with Gasteiger partial charge in [-0.3, -0.25) is 4.40 Å². The molecule has 0 bridgehead atoms. The van der Waals surface area contributed by atoms with Gasteiger partial charge in [-0.25, -0.2) is 22.0 Å². The van der Waals surface area contributed by atoms with E-state index in [2.05, 4.69) is 10.2 Å². The Labute approximate surface area is 153 Å². The van der Waals surface area contributed by atoms with Gasteiger partial charge >= 0.3 is 0 Å². The van der Waals surface area contributed by atoms with Gasteiger partial charge in [0.2, 0.25) is 5.82 Å². The molecule has 2 heterocycles. The highest BCUT2D eigenvalue weighted by molar-refractivity contribution is 7.98. The van der Waals surface area contributed by atoms with Crippen molar-refractivity contribution in [2.24, 2.45) is 0 Å². The highest BCUT2D eigenvalue weighted by Gasteiger charge is 2.26. The van der Waals surface area contributed by atoms with E-state index in [9.17, 15) is 22.0 Å². The zero-order chi connectivity index (χ0) is 19.3. The van der Waals surface area contributed by atoms with Gasteiger partial charge in [0.05, 0.1) is 5.52 Å². The summed E-state index contributed by atoms with van der Waals surface area (Å²) in [7, 11) is 0. The van der Waals surface area contributed by atoms with E-state index in [1.54, 1.807) is 10.5 Å². The SMILES string of the molecule is Cc1cc2nnc(SCc3c(F)c(F)c(F)c(F)c3F)n2c2ccccc12. The van der Waals surface area contributed by atoms with E-state index in [0.29, 0.717) is 5.65 Å². The summed E-state index contributed by atoms with van der Waals surface area (Å²) in [6.45, 7) is 1.92. The average molecular weight is 395 g/mol. The van der Waals surface area contributed by atoms with Gasteiger partial charge in [0.15, 0.2) is 34.1 Å². The van der Waals surface area contributed by atoms with Crippen LogP contribution in [-0.4, -0.2) is 14.6 Å². The third-order valence-electron chi connectivity index (χ3n) is 4.22. The first-order chi connectivity index (χ1) is 12.9. The number of pyridine rings is 1. The van der Waals surface area contributed by atoms with Crippen LogP contribution in [-0.2, 0) is 5.75 Å². The lowest BCUT2D eigenvalue weighted by Gasteiger charge is -2.09. The van der Waals surface area contributed by atoms with Gasteiger partial charge < -0.3 is 0 Å². The van der Waals surface area contributed by atoms with Crippen LogP contribution >= 0.6 is 11.8 Å². The van der Waals surface area contributed by atoms with E-state index in [-0.39, 0.29) is 5.16 Å². The number of hydrogen-bond donors (Lipinski definition) is 0. The molecule has 0 spiro atoms. The largest absolute Gasteiger partial charge is 0.270 e. The van der Waals surface area contributed by atoms with Gasteiger partial charge in [0, 0.05) is 16.7 Å². The number of rotatable bonds is 3. The number of thioether (sulfide) groups is 1. The molecule has 4 rings (SSSR count). The van der Waals surface area contributed by atoms with Crippen molar-refractivity contribution < 1.29 is 22.0 Å². The maximum absolute atomic E-state index is 13.9. The Morgan fingerprint density at radius 1 is 0.889 bits per heavy atom. The Hall–Kier alpha value is -2.68. The molecule has 2 aromatic carbocycles. The monoisotopic (exact) mass is 395 g/mol. The minimum absolute atomic E-state index is 0.283. The van der Waals surface area contributed by atoms with Crippen LogP contribution < -0.4 is 0 Å². The molecule has 0 aliphatic heterocycles. The van der Waals surface area contributed by atoms with Crippen molar-refractivity contribution in [2.75, 3.05) is 0 Å². The Balaban J connectivity index is 1.79. The third-order valence-corrected chi connectivity index (χ3v) is 5.18. The van der Waals surface area contributed by atoms with Gasteiger partial charge in [0.1, 0.15) is 0 Å². The molecule has 0 saturated carbocycles. The lowest BCUT2D eigenvalue weighted by atomic mass is 10.1. The van der Waals surface area contributed by atoms with E-state index in [1.807, 2.05) is 31.2 Å². The molecule has 9 heteroatoms. The summed E-state index contributed by atoms with van der Waals surface area (Å²) in [6.07, 6.45) is 0. The number of hydrogen-bond acceptors (Lipinski definition) is 3. The van der Waals surface area contributed by atoms with E-state index >= 15 is 0 Å². The molecule has 2 aromatic heterocycles. The highest BCUT2D eigenvalue weighted by Crippen LogP contribution is 2.31. The summed E-state index contributed by atoms with van der Waals surface area (Å²) in [5, 5.41) is 9.24. The van der Waals surface area contributed by atoms with Crippen molar-refractivity contribution in [1.29, 1.82) is 0 Å². The van der Waals surface area contributed by atoms with E-state index in [4.69, 9.17) is 0 Å². The summed E-state index contributed by atoms with van der Waals surface area (Å²) >= 11 is 0.836. The molecular formula is C18H10F5N3S. The Bertz CT molecular complexity index is 1180. The molecule has 0 aliphatic carbocycles. The van der Waals surface area contributed by atoms with Crippen LogP contribution in [0.5, 0.6) is 0 Å². The summed E-state index contributed by atoms with van der Waals surface area (Å²) in [5.74, 6) is -10.3. The number of aryl methyl sites for hydroxylation is 1. The predicted octanol–water partition coefficient (Wildman–Crippen LogP) is 5.18. The second kappa shape index (κ2) is 6.49. The van der Waals surface area contributed by atoms with Crippen LogP contribution in [0.4, 0.5) is 22.0 Å². The molecular weight excluding hydrogens is 385 g/mol. The van der Waals surface area contributed by atoms with Crippen molar-refractivity contribution in [2.45, 2.75) is 17.8 Å². The number of para-hydroxylation sites is 1. The lowest BCUT2D eigenvalue weighted by Crippen LogP contribution is -2.06. The fourth-order valence-electron chi connectivity index (χ4n) is 2.88. The standard InChI is InChI=1S/C18H10F5N3S/c1-8-6-12-24-25-18(26(12)11-5-3-2-4-9(8)11)27-7-10-13(19)15(21)17(23)16(22)14(10)20/h2-6H,7H2,1H3. The molecule has 0 atom stereocenters. The van der Waals surface area contributed by atoms with Crippen LogP contribution in [0.1, 0.15) is 11.1 Å². The van der Waals surface area contributed by atoms with Crippen molar-refractivity contribution in [1.82, 2.24) is 14.6 Å². The van der Waals surface area contributed by atoms with Crippen molar-refractivity contribution >= 4 is 28.3 Å². The molecule has 138 valence electrons. The van der Waals surface area contributed by atoms with Crippen LogP contribution in [0.3, 0.4) is 0 Å². The predicted molar refractivity (Wildman–Crippen MR) is 91.0 cm³/mol. The molecule has 4 aromatic rings. The normalized spacial score (nSPS) is 11.6. The molecule has 0 radical (unpaired) electrons. The number of nitrogens with zero attached hydrogens (tertiary/aromatic N) is 3. The number of halogens is 5. The van der Waals surface area contributed by atoms with Crippen molar-refractivity contribution in [3.05, 3.63) is 70.5 Å². The third kappa shape index (κ3) is 2.73. The van der Waals surface area contributed by atoms with Gasteiger partial charge in [-0.1, -0.05) is 30.0 Å². The second-order valence-electron chi connectivity index (χ2n) is 5.86. The summed E-state index contributed by atoms with van der Waals surface area (Å²) in [6, 6.07) is 9.23. The fourth-order valence-corrected chi connectivity index (χ4v) is 3.83. The zero-order valence-electron chi connectivity index (χ0n) is 13.7. The first kappa shape index (κ1) is 17.7. The quantitative estimate of drug-likeness (QED) is 0.207. The van der Waals surface area contributed by atoms with Crippen LogP contribution in [0.25, 0.3) is 16.6 Å². The summed E-state index contributed by atoms with van der Waals surface area (Å²) in [4.78, 5) is 0. The Morgan fingerprint density at radius 2 is 1.52 bits per heavy atom. The van der Waals surface area contributed by atoms with Crippen molar-refractivity contribution in [3.63, 3.8) is 0 Å². The van der Waals surface area contributed by atoms with Crippen LogP contribution in [0, 0.1) is 36.0 Å². The van der Waals surface area contributed by atoms with Gasteiger partial charge in [-0.2, -0.15) is 0 Å². The minimum atomic E-state index is -2.17. The maximum Gasteiger partial charge on any atom is 0.200 e. The molecule has 0 saturated heterocycles. The van der Waals surface area contributed by atoms with Gasteiger partial charge in [-0.15, -0.1) is 10.2 Å². The zero-order valence-corrected chi connectivity index (χ0v) is 14.6.